The Morgan fingerprint density at radius 3 is 2.52 bits per heavy atom. The SMILES string of the molecule is C[C@H](NS(=O)(=O)C=Cc1nn(-c2ccc(F)cc2F)c2c1CCCCC2Cc1cccc(F)c1)c1ccccc1. The van der Waals surface area contributed by atoms with Gasteiger partial charge in [-0.3, -0.25) is 0 Å². The molecule has 0 bridgehead atoms. The van der Waals surface area contributed by atoms with E-state index < -0.39 is 27.7 Å². The fraction of sp³-hybridized carbons (Fsp3) is 0.258. The van der Waals surface area contributed by atoms with E-state index in [9.17, 15) is 17.2 Å². The van der Waals surface area contributed by atoms with Crippen LogP contribution in [0.15, 0.2) is 78.2 Å². The van der Waals surface area contributed by atoms with E-state index in [-0.39, 0.29) is 17.4 Å². The summed E-state index contributed by atoms with van der Waals surface area (Å²) in [6.07, 6.45) is 5.03. The van der Waals surface area contributed by atoms with Crippen LogP contribution < -0.4 is 4.72 Å². The zero-order chi connectivity index (χ0) is 28.3. The van der Waals surface area contributed by atoms with E-state index in [1.165, 1.54) is 35.0 Å². The van der Waals surface area contributed by atoms with Gasteiger partial charge in [0, 0.05) is 29.0 Å². The summed E-state index contributed by atoms with van der Waals surface area (Å²) in [6.45, 7) is 1.76. The van der Waals surface area contributed by atoms with Gasteiger partial charge in [-0.1, -0.05) is 48.9 Å². The Kier molecular flexibility index (Phi) is 8.23. The minimum absolute atomic E-state index is 0.0714. The first-order valence-corrected chi connectivity index (χ1v) is 14.8. The van der Waals surface area contributed by atoms with Crippen LogP contribution in [0.4, 0.5) is 13.2 Å². The standard InChI is InChI=1S/C31H30F3N3O2S/c1-21(23-9-3-2-4-10-23)36-40(38,39)17-16-29-27-13-6-5-11-24(18-22-8-7-12-25(32)19-22)31(27)37(35-29)30-15-14-26(33)20-28(30)34/h2-4,7-10,12,14-17,19-21,24,36H,5-6,11,13,18H2,1H3/t21-,24?/m0/s1. The van der Waals surface area contributed by atoms with E-state index in [1.807, 2.05) is 36.4 Å². The maximum atomic E-state index is 15.0. The smallest absolute Gasteiger partial charge is 0.234 e. The topological polar surface area (TPSA) is 64.0 Å². The van der Waals surface area contributed by atoms with Gasteiger partial charge in [0.2, 0.25) is 10.0 Å². The van der Waals surface area contributed by atoms with Gasteiger partial charge in [-0.05, 0) is 74.1 Å². The molecule has 1 aromatic heterocycles. The van der Waals surface area contributed by atoms with Crippen LogP contribution in [0.2, 0.25) is 0 Å². The molecule has 1 heterocycles. The zero-order valence-electron chi connectivity index (χ0n) is 22.0. The van der Waals surface area contributed by atoms with Crippen LogP contribution in [-0.4, -0.2) is 18.2 Å². The van der Waals surface area contributed by atoms with Crippen LogP contribution in [0.1, 0.15) is 66.2 Å². The zero-order valence-corrected chi connectivity index (χ0v) is 22.8. The Labute approximate surface area is 232 Å². The highest BCUT2D eigenvalue weighted by Crippen LogP contribution is 2.37. The molecular weight excluding hydrogens is 535 g/mol. The van der Waals surface area contributed by atoms with Gasteiger partial charge in [0.05, 0.1) is 11.4 Å². The Balaban J connectivity index is 1.55. The second-order valence-electron chi connectivity index (χ2n) is 10.1. The lowest BCUT2D eigenvalue weighted by Crippen LogP contribution is -2.24. The van der Waals surface area contributed by atoms with Crippen molar-refractivity contribution in [2.24, 2.45) is 0 Å². The number of benzene rings is 3. The predicted molar refractivity (Wildman–Crippen MR) is 150 cm³/mol. The van der Waals surface area contributed by atoms with Crippen molar-refractivity contribution in [3.63, 3.8) is 0 Å². The summed E-state index contributed by atoms with van der Waals surface area (Å²) in [7, 11) is -3.84. The van der Waals surface area contributed by atoms with Gasteiger partial charge in [0.1, 0.15) is 17.3 Å². The van der Waals surface area contributed by atoms with Crippen molar-refractivity contribution in [1.82, 2.24) is 14.5 Å². The van der Waals surface area contributed by atoms with Crippen molar-refractivity contribution in [3.8, 4) is 5.69 Å². The van der Waals surface area contributed by atoms with Crippen molar-refractivity contribution in [2.75, 3.05) is 0 Å². The monoisotopic (exact) mass is 565 g/mol. The molecule has 40 heavy (non-hydrogen) atoms. The molecule has 0 amide bonds. The Morgan fingerprint density at radius 1 is 1.00 bits per heavy atom. The summed E-state index contributed by atoms with van der Waals surface area (Å²) in [4.78, 5) is 0. The minimum atomic E-state index is -3.84. The normalized spacial score (nSPS) is 16.6. The number of nitrogens with zero attached hydrogens (tertiary/aromatic N) is 2. The molecule has 3 aromatic carbocycles. The third-order valence-corrected chi connectivity index (χ3v) is 8.40. The average Bonchev–Trinajstić information content (AvgIpc) is 3.14. The molecule has 0 radical (unpaired) electrons. The van der Waals surface area contributed by atoms with Gasteiger partial charge in [0.25, 0.3) is 0 Å². The minimum Gasteiger partial charge on any atom is -0.234 e. The van der Waals surface area contributed by atoms with Crippen molar-refractivity contribution in [3.05, 3.63) is 124 Å². The van der Waals surface area contributed by atoms with Crippen molar-refractivity contribution >= 4 is 16.1 Å². The van der Waals surface area contributed by atoms with Crippen LogP contribution in [-0.2, 0) is 22.9 Å². The third kappa shape index (κ3) is 6.37. The number of nitrogens with one attached hydrogen (secondary N) is 1. The van der Waals surface area contributed by atoms with E-state index in [0.29, 0.717) is 18.5 Å². The maximum Gasteiger partial charge on any atom is 0.234 e. The quantitative estimate of drug-likeness (QED) is 0.234. The highest BCUT2D eigenvalue weighted by atomic mass is 32.2. The molecule has 1 unspecified atom stereocenters. The summed E-state index contributed by atoms with van der Waals surface area (Å²) in [5.41, 5.74) is 3.64. The van der Waals surface area contributed by atoms with E-state index in [2.05, 4.69) is 9.82 Å². The number of halogens is 3. The molecule has 1 aliphatic carbocycles. The van der Waals surface area contributed by atoms with Gasteiger partial charge in [-0.2, -0.15) is 5.10 Å². The molecule has 4 aromatic rings. The molecule has 0 saturated heterocycles. The number of hydrogen-bond donors (Lipinski definition) is 1. The number of hydrogen-bond acceptors (Lipinski definition) is 3. The summed E-state index contributed by atoms with van der Waals surface area (Å²) < 4.78 is 72.8. The van der Waals surface area contributed by atoms with E-state index in [1.54, 1.807) is 13.0 Å². The first-order chi connectivity index (χ1) is 19.2. The van der Waals surface area contributed by atoms with Crippen molar-refractivity contribution in [2.45, 2.75) is 51.0 Å². The highest BCUT2D eigenvalue weighted by Gasteiger charge is 2.29. The Hall–Kier alpha value is -3.69. The molecule has 0 spiro atoms. The van der Waals surface area contributed by atoms with E-state index in [0.717, 1.165) is 53.1 Å². The van der Waals surface area contributed by atoms with Crippen LogP contribution in [0.5, 0.6) is 0 Å². The molecule has 2 atom stereocenters. The number of aromatic nitrogens is 2. The maximum absolute atomic E-state index is 15.0. The number of sulfonamides is 1. The second kappa shape index (κ2) is 11.8. The van der Waals surface area contributed by atoms with Gasteiger partial charge >= 0.3 is 0 Å². The van der Waals surface area contributed by atoms with Crippen LogP contribution in [0, 0.1) is 17.5 Å². The Bertz CT molecular complexity index is 1640. The van der Waals surface area contributed by atoms with Gasteiger partial charge in [0.15, 0.2) is 5.82 Å². The molecular formula is C31H30F3N3O2S. The van der Waals surface area contributed by atoms with E-state index >= 15 is 4.39 Å². The molecule has 9 heteroatoms. The summed E-state index contributed by atoms with van der Waals surface area (Å²) in [5.74, 6) is -1.96. The first-order valence-electron chi connectivity index (χ1n) is 13.3. The van der Waals surface area contributed by atoms with Crippen LogP contribution >= 0.6 is 0 Å². The molecule has 0 saturated carbocycles. The molecule has 0 aliphatic heterocycles. The number of fused-ring (bicyclic) bond motifs is 1. The second-order valence-corrected chi connectivity index (χ2v) is 11.7. The first kappa shape index (κ1) is 27.9. The molecule has 208 valence electrons. The molecule has 5 rings (SSSR count). The molecule has 1 N–H and O–H groups in total. The molecule has 0 fully saturated rings. The van der Waals surface area contributed by atoms with Gasteiger partial charge < -0.3 is 0 Å². The van der Waals surface area contributed by atoms with Gasteiger partial charge in [-0.15, -0.1) is 0 Å². The van der Waals surface area contributed by atoms with Crippen LogP contribution in [0.25, 0.3) is 11.8 Å². The lowest BCUT2D eigenvalue weighted by molar-refractivity contribution is 0.544. The van der Waals surface area contributed by atoms with E-state index in [4.69, 9.17) is 0 Å². The lowest BCUT2D eigenvalue weighted by Gasteiger charge is -2.19. The van der Waals surface area contributed by atoms with Crippen molar-refractivity contribution < 1.29 is 21.6 Å². The summed E-state index contributed by atoms with van der Waals surface area (Å²) in [5, 5.41) is 5.72. The largest absolute Gasteiger partial charge is 0.234 e. The lowest BCUT2D eigenvalue weighted by atomic mass is 9.91. The highest BCUT2D eigenvalue weighted by molar-refractivity contribution is 7.92. The molecule has 1 aliphatic rings. The number of rotatable bonds is 8. The average molecular weight is 566 g/mol. The summed E-state index contributed by atoms with van der Waals surface area (Å²) in [6, 6.07) is 18.4. The predicted octanol–water partition coefficient (Wildman–Crippen LogP) is 6.99. The van der Waals surface area contributed by atoms with Gasteiger partial charge in [-0.25, -0.2) is 31.0 Å². The van der Waals surface area contributed by atoms with Crippen LogP contribution in [0.3, 0.4) is 0 Å². The van der Waals surface area contributed by atoms with Crippen molar-refractivity contribution in [1.29, 1.82) is 0 Å². The fourth-order valence-electron chi connectivity index (χ4n) is 5.35. The third-order valence-electron chi connectivity index (χ3n) is 7.23. The Morgan fingerprint density at radius 2 is 1.77 bits per heavy atom. The summed E-state index contributed by atoms with van der Waals surface area (Å²) >= 11 is 0. The fourth-order valence-corrected chi connectivity index (χ4v) is 6.37. The molecule has 5 nitrogen and oxygen atoms in total.